The molecule has 3 aromatic rings. The van der Waals surface area contributed by atoms with Crippen molar-refractivity contribution in [3.05, 3.63) is 90.5 Å². The van der Waals surface area contributed by atoms with Crippen molar-refractivity contribution in [3.63, 3.8) is 0 Å². The number of nitrogens with zero attached hydrogens (tertiary/aromatic N) is 2. The predicted octanol–water partition coefficient (Wildman–Crippen LogP) is 8.46. The second-order valence-corrected chi connectivity index (χ2v) is 14.9. The Morgan fingerprint density at radius 3 is 2.12 bits per heavy atom. The number of urea groups is 2. The summed E-state index contributed by atoms with van der Waals surface area (Å²) in [7, 11) is 1.71. The van der Waals surface area contributed by atoms with Crippen LogP contribution in [-0.4, -0.2) is 65.2 Å². The summed E-state index contributed by atoms with van der Waals surface area (Å²) in [6.45, 7) is 1.40. The molecular formula is C41H53N5O3. The number of fused-ring (bicyclic) bond motifs is 2. The Balaban J connectivity index is 1.19. The fraction of sp³-hybridized carbons (Fsp3) is 0.512. The molecule has 5 aliphatic rings. The summed E-state index contributed by atoms with van der Waals surface area (Å²) in [6.07, 6.45) is 14.6. The van der Waals surface area contributed by atoms with Gasteiger partial charge in [0.15, 0.2) is 0 Å². The number of amides is 4. The van der Waals surface area contributed by atoms with E-state index < -0.39 is 0 Å². The van der Waals surface area contributed by atoms with E-state index in [0.717, 1.165) is 68.6 Å². The van der Waals surface area contributed by atoms with Gasteiger partial charge in [0.25, 0.3) is 0 Å². The number of methoxy groups -OCH3 is 1. The molecule has 8 heteroatoms. The first kappa shape index (κ1) is 33.5. The lowest BCUT2D eigenvalue weighted by Gasteiger charge is -2.64. The van der Waals surface area contributed by atoms with Gasteiger partial charge >= 0.3 is 12.1 Å². The molecule has 5 fully saturated rings. The van der Waals surface area contributed by atoms with E-state index >= 15 is 0 Å². The Kier molecular flexibility index (Phi) is 10.1. The number of carbonyl (C=O) groups excluding carboxylic acids is 2. The van der Waals surface area contributed by atoms with Crippen molar-refractivity contribution in [2.45, 2.75) is 107 Å². The molecule has 0 radical (unpaired) electrons. The van der Waals surface area contributed by atoms with E-state index in [1.54, 1.807) is 7.11 Å². The number of ether oxygens (including phenoxy) is 1. The van der Waals surface area contributed by atoms with Crippen molar-refractivity contribution in [2.24, 2.45) is 5.92 Å². The van der Waals surface area contributed by atoms with E-state index in [9.17, 15) is 9.59 Å². The van der Waals surface area contributed by atoms with Crippen LogP contribution in [0, 0.1) is 5.92 Å². The molecule has 49 heavy (non-hydrogen) atoms. The number of hydrogen-bond acceptors (Lipinski definition) is 4. The summed E-state index contributed by atoms with van der Waals surface area (Å²) in [4.78, 5) is 33.3. The van der Waals surface area contributed by atoms with Gasteiger partial charge in [-0.1, -0.05) is 80.6 Å². The number of benzene rings is 3. The van der Waals surface area contributed by atoms with Gasteiger partial charge in [0, 0.05) is 36.0 Å². The lowest BCUT2D eigenvalue weighted by molar-refractivity contribution is -0.113. The second-order valence-electron chi connectivity index (χ2n) is 14.9. The summed E-state index contributed by atoms with van der Waals surface area (Å²) in [5.74, 6) is 1.43. The standard InChI is InChI=1S/C41H53N5O3/c1-49-36-19-17-31(18-20-36)22-28-45-37-21-23-40(45)24-26-41(37,27-25-40)46(39(48)44-34-15-9-4-10-16-34)35(29-32-11-5-2-6-12-32)30-42-38(47)43-33-13-7-3-8-14-33/h3-4,7-10,13-20,32,35,37H,2,5-6,11-12,21-30H2,1H3,(H,44,48)(H2,42,43,47)/t35-,37-,40?,41?/m1/s1. The van der Waals surface area contributed by atoms with E-state index in [1.165, 1.54) is 44.1 Å². The summed E-state index contributed by atoms with van der Waals surface area (Å²) in [5.41, 5.74) is 2.81. The van der Waals surface area contributed by atoms with Gasteiger partial charge in [-0.2, -0.15) is 0 Å². The zero-order valence-corrected chi connectivity index (χ0v) is 29.0. The van der Waals surface area contributed by atoms with E-state index in [1.807, 2.05) is 60.7 Å². The largest absolute Gasteiger partial charge is 0.497 e. The number of rotatable bonds is 12. The maximum Gasteiger partial charge on any atom is 0.322 e. The van der Waals surface area contributed by atoms with Gasteiger partial charge in [-0.15, -0.1) is 0 Å². The summed E-state index contributed by atoms with van der Waals surface area (Å²) in [5, 5.41) is 9.56. The molecule has 3 aliphatic heterocycles. The average Bonchev–Trinajstić information content (AvgIpc) is 3.31. The number of nitrogens with one attached hydrogen (secondary N) is 3. The smallest absolute Gasteiger partial charge is 0.322 e. The third-order valence-corrected chi connectivity index (χ3v) is 12.3. The van der Waals surface area contributed by atoms with Gasteiger partial charge in [-0.25, -0.2) is 9.59 Å². The quantitative estimate of drug-likeness (QED) is 0.182. The highest BCUT2D eigenvalue weighted by molar-refractivity contribution is 5.91. The Hall–Kier alpha value is -4.04. The number of hydrogen-bond donors (Lipinski definition) is 3. The molecule has 8 rings (SSSR count). The second kappa shape index (κ2) is 14.8. The van der Waals surface area contributed by atoms with E-state index in [0.29, 0.717) is 18.5 Å². The molecule has 2 atom stereocenters. The molecule has 2 saturated carbocycles. The maximum absolute atomic E-state index is 14.9. The SMILES string of the molecule is COc1ccc(CCN2[C@@H]3CCC24CCC3(N(C(=O)Nc2ccccc2)[C@@H](CNC(=O)Nc2ccccc2)CC2CCCCC2)CC4)cc1. The molecule has 260 valence electrons. The van der Waals surface area contributed by atoms with Crippen molar-refractivity contribution in [1.82, 2.24) is 15.1 Å². The topological polar surface area (TPSA) is 85.9 Å². The monoisotopic (exact) mass is 663 g/mol. The first-order valence-corrected chi connectivity index (χ1v) is 18.6. The van der Waals surface area contributed by atoms with Crippen LogP contribution in [0.4, 0.5) is 21.0 Å². The summed E-state index contributed by atoms with van der Waals surface area (Å²) < 4.78 is 5.41. The van der Waals surface area contributed by atoms with Crippen LogP contribution >= 0.6 is 0 Å². The van der Waals surface area contributed by atoms with Crippen molar-refractivity contribution >= 4 is 23.4 Å². The van der Waals surface area contributed by atoms with E-state index in [-0.39, 0.29) is 29.2 Å². The highest BCUT2D eigenvalue weighted by atomic mass is 16.5. The molecule has 4 amide bonds. The van der Waals surface area contributed by atoms with Gasteiger partial charge in [0.2, 0.25) is 0 Å². The van der Waals surface area contributed by atoms with Crippen molar-refractivity contribution in [2.75, 3.05) is 30.8 Å². The Morgan fingerprint density at radius 1 is 0.816 bits per heavy atom. The van der Waals surface area contributed by atoms with Crippen molar-refractivity contribution < 1.29 is 14.3 Å². The molecule has 3 N–H and O–H groups in total. The first-order valence-electron chi connectivity index (χ1n) is 18.6. The predicted molar refractivity (Wildman–Crippen MR) is 196 cm³/mol. The fourth-order valence-corrected chi connectivity index (χ4v) is 9.88. The number of para-hydroxylation sites is 2. The number of piperidine rings is 2. The molecule has 0 unspecified atom stereocenters. The molecule has 3 aromatic carbocycles. The van der Waals surface area contributed by atoms with Crippen LogP contribution in [0.25, 0.3) is 0 Å². The first-order chi connectivity index (χ1) is 24.0. The Morgan fingerprint density at radius 2 is 1.47 bits per heavy atom. The highest BCUT2D eigenvalue weighted by Gasteiger charge is 2.65. The zero-order valence-electron chi connectivity index (χ0n) is 29.0. The molecule has 3 bridgehead atoms. The third kappa shape index (κ3) is 7.16. The van der Waals surface area contributed by atoms with Crippen LogP contribution in [0.5, 0.6) is 5.75 Å². The maximum atomic E-state index is 14.9. The van der Waals surface area contributed by atoms with Crippen molar-refractivity contribution in [1.29, 1.82) is 0 Å². The molecule has 1 spiro atoms. The average molecular weight is 664 g/mol. The van der Waals surface area contributed by atoms with Crippen LogP contribution in [0.15, 0.2) is 84.9 Å². The van der Waals surface area contributed by atoms with Crippen molar-refractivity contribution in [3.8, 4) is 5.75 Å². The number of anilines is 2. The van der Waals surface area contributed by atoms with Gasteiger partial charge in [-0.05, 0) is 99.2 Å². The van der Waals surface area contributed by atoms with Gasteiger partial charge in [-0.3, -0.25) is 4.90 Å². The van der Waals surface area contributed by atoms with Crippen LogP contribution in [0.3, 0.4) is 0 Å². The molecule has 3 saturated heterocycles. The van der Waals surface area contributed by atoms with Gasteiger partial charge < -0.3 is 25.6 Å². The molecule has 3 heterocycles. The summed E-state index contributed by atoms with van der Waals surface area (Å²) in [6, 6.07) is 27.8. The van der Waals surface area contributed by atoms with Gasteiger partial charge in [0.1, 0.15) is 5.75 Å². The Labute approximate surface area is 292 Å². The van der Waals surface area contributed by atoms with Crippen LogP contribution in [0.2, 0.25) is 0 Å². The number of carbonyl (C=O) groups is 2. The minimum atomic E-state index is -0.298. The minimum absolute atomic E-state index is 0.0336. The third-order valence-electron chi connectivity index (χ3n) is 12.3. The summed E-state index contributed by atoms with van der Waals surface area (Å²) >= 11 is 0. The van der Waals surface area contributed by atoms with E-state index in [2.05, 4.69) is 50.0 Å². The molecule has 8 nitrogen and oxygen atoms in total. The van der Waals surface area contributed by atoms with Crippen LogP contribution in [0.1, 0.15) is 82.6 Å². The lowest BCUT2D eigenvalue weighted by Crippen LogP contribution is -2.74. The van der Waals surface area contributed by atoms with Crippen LogP contribution in [-0.2, 0) is 6.42 Å². The Bertz CT molecular complexity index is 1530. The molecule has 2 aliphatic carbocycles. The normalized spacial score (nSPS) is 25.4. The molecular weight excluding hydrogens is 610 g/mol. The van der Waals surface area contributed by atoms with Gasteiger partial charge in [0.05, 0.1) is 18.7 Å². The fourth-order valence-electron chi connectivity index (χ4n) is 9.88. The highest BCUT2D eigenvalue weighted by Crippen LogP contribution is 2.60. The minimum Gasteiger partial charge on any atom is -0.497 e. The lowest BCUT2D eigenvalue weighted by atomic mass is 9.65. The zero-order chi connectivity index (χ0) is 33.7. The van der Waals surface area contributed by atoms with E-state index in [4.69, 9.17) is 4.74 Å². The molecule has 0 aromatic heterocycles. The van der Waals surface area contributed by atoms with Crippen LogP contribution < -0.4 is 20.7 Å².